The molecule has 1 heterocycles. The quantitative estimate of drug-likeness (QED) is 0.452. The molecule has 156 valence electrons. The number of piperazine rings is 1. The highest BCUT2D eigenvalue weighted by Gasteiger charge is 2.30. The molecule has 2 aliphatic rings. The Morgan fingerprint density at radius 3 is 2.44 bits per heavy atom. The van der Waals surface area contributed by atoms with Gasteiger partial charge >= 0.3 is 0 Å². The standard InChI is InChI=1S/C21H41N5O/c1-4-6-8-18(5-2)17-24-21(22-3)23-11-12-25-13-15-26(16-14-25)20(27)19-9-7-10-19/h18-19H,4-17H2,1-3H3,(H2,22,23,24). The molecule has 0 aromatic heterocycles. The Balaban J connectivity index is 1.58. The summed E-state index contributed by atoms with van der Waals surface area (Å²) in [7, 11) is 1.84. The van der Waals surface area contributed by atoms with Gasteiger partial charge in [0.25, 0.3) is 0 Å². The molecule has 6 heteroatoms. The number of carbonyl (C=O) groups excluding carboxylic acids is 1. The van der Waals surface area contributed by atoms with Gasteiger partial charge in [-0.3, -0.25) is 14.7 Å². The first-order valence-electron chi connectivity index (χ1n) is 11.1. The van der Waals surface area contributed by atoms with Crippen LogP contribution in [0.4, 0.5) is 0 Å². The summed E-state index contributed by atoms with van der Waals surface area (Å²) in [5.41, 5.74) is 0. The highest BCUT2D eigenvalue weighted by Crippen LogP contribution is 2.28. The summed E-state index contributed by atoms with van der Waals surface area (Å²) in [5.74, 6) is 2.36. The molecule has 2 N–H and O–H groups in total. The average molecular weight is 380 g/mol. The number of guanidine groups is 1. The predicted molar refractivity (Wildman–Crippen MR) is 113 cm³/mol. The maximum Gasteiger partial charge on any atom is 0.225 e. The van der Waals surface area contributed by atoms with Crippen molar-refractivity contribution in [2.24, 2.45) is 16.8 Å². The van der Waals surface area contributed by atoms with E-state index in [9.17, 15) is 4.79 Å². The van der Waals surface area contributed by atoms with Gasteiger partial charge in [-0.05, 0) is 25.2 Å². The molecular weight excluding hydrogens is 338 g/mol. The van der Waals surface area contributed by atoms with E-state index in [0.29, 0.717) is 11.8 Å². The van der Waals surface area contributed by atoms with E-state index in [0.717, 1.165) is 70.5 Å². The van der Waals surface area contributed by atoms with Crippen LogP contribution < -0.4 is 10.6 Å². The lowest BCUT2D eigenvalue weighted by molar-refractivity contribution is -0.139. The van der Waals surface area contributed by atoms with E-state index < -0.39 is 0 Å². The molecule has 0 aromatic rings. The van der Waals surface area contributed by atoms with E-state index in [1.807, 2.05) is 7.05 Å². The fourth-order valence-electron chi connectivity index (χ4n) is 3.84. The van der Waals surface area contributed by atoms with E-state index in [-0.39, 0.29) is 0 Å². The van der Waals surface area contributed by atoms with Gasteiger partial charge in [0.05, 0.1) is 0 Å². The lowest BCUT2D eigenvalue weighted by atomic mass is 9.84. The molecule has 0 aromatic carbocycles. The second kappa shape index (κ2) is 12.2. The molecule has 1 amide bonds. The van der Waals surface area contributed by atoms with Crippen molar-refractivity contribution in [2.75, 3.05) is 52.9 Å². The number of nitrogens with zero attached hydrogens (tertiary/aromatic N) is 3. The molecular formula is C21H41N5O. The Morgan fingerprint density at radius 1 is 1.15 bits per heavy atom. The lowest BCUT2D eigenvalue weighted by Crippen LogP contribution is -2.52. The van der Waals surface area contributed by atoms with Crippen LogP contribution in [-0.4, -0.2) is 74.5 Å². The molecule has 1 saturated heterocycles. The molecule has 0 radical (unpaired) electrons. The number of amides is 1. The molecule has 1 saturated carbocycles. The molecule has 1 aliphatic carbocycles. The molecule has 2 fully saturated rings. The van der Waals surface area contributed by atoms with Crippen LogP contribution in [0.15, 0.2) is 4.99 Å². The summed E-state index contributed by atoms with van der Waals surface area (Å²) < 4.78 is 0. The minimum Gasteiger partial charge on any atom is -0.356 e. The van der Waals surface area contributed by atoms with Gasteiger partial charge in [-0.15, -0.1) is 0 Å². The highest BCUT2D eigenvalue weighted by molar-refractivity contribution is 5.80. The molecule has 1 aliphatic heterocycles. The number of rotatable bonds is 10. The zero-order valence-corrected chi connectivity index (χ0v) is 17.8. The SMILES string of the molecule is CCCCC(CC)CNC(=NC)NCCN1CCN(C(=O)C2CCC2)CC1. The smallest absolute Gasteiger partial charge is 0.225 e. The van der Waals surface area contributed by atoms with Gasteiger partial charge in [-0.25, -0.2) is 0 Å². The van der Waals surface area contributed by atoms with Crippen LogP contribution in [0.5, 0.6) is 0 Å². The molecule has 0 spiro atoms. The van der Waals surface area contributed by atoms with Crippen LogP contribution in [-0.2, 0) is 4.79 Å². The number of aliphatic imine (C=N–C) groups is 1. The zero-order valence-electron chi connectivity index (χ0n) is 17.8. The van der Waals surface area contributed by atoms with E-state index in [1.165, 1.54) is 32.1 Å². The van der Waals surface area contributed by atoms with Crippen molar-refractivity contribution in [3.63, 3.8) is 0 Å². The topological polar surface area (TPSA) is 60.0 Å². The van der Waals surface area contributed by atoms with Crippen LogP contribution >= 0.6 is 0 Å². The second-order valence-electron chi connectivity index (χ2n) is 8.09. The van der Waals surface area contributed by atoms with E-state index in [1.54, 1.807) is 0 Å². The molecule has 1 unspecified atom stereocenters. The zero-order chi connectivity index (χ0) is 19.5. The van der Waals surface area contributed by atoms with Crippen LogP contribution in [0.2, 0.25) is 0 Å². The Labute approximate surface area is 166 Å². The summed E-state index contributed by atoms with van der Waals surface area (Å²) in [6.45, 7) is 11.2. The number of hydrogen-bond donors (Lipinski definition) is 2. The van der Waals surface area contributed by atoms with Crippen LogP contribution in [0.3, 0.4) is 0 Å². The molecule has 6 nitrogen and oxygen atoms in total. The van der Waals surface area contributed by atoms with Crippen LogP contribution in [0.25, 0.3) is 0 Å². The predicted octanol–water partition coefficient (Wildman–Crippen LogP) is 2.31. The average Bonchev–Trinajstić information content (AvgIpc) is 2.65. The van der Waals surface area contributed by atoms with Crippen molar-refractivity contribution < 1.29 is 4.79 Å². The Morgan fingerprint density at radius 2 is 1.89 bits per heavy atom. The second-order valence-corrected chi connectivity index (χ2v) is 8.09. The Bertz CT molecular complexity index is 455. The summed E-state index contributed by atoms with van der Waals surface area (Å²) in [6, 6.07) is 0. The maximum absolute atomic E-state index is 12.3. The lowest BCUT2D eigenvalue weighted by Gasteiger charge is -2.38. The molecule has 0 bridgehead atoms. The van der Waals surface area contributed by atoms with Gasteiger partial charge in [0, 0.05) is 58.8 Å². The molecule has 1 atom stereocenters. The summed E-state index contributed by atoms with van der Waals surface area (Å²) >= 11 is 0. The molecule has 27 heavy (non-hydrogen) atoms. The van der Waals surface area contributed by atoms with Gasteiger partial charge in [0.2, 0.25) is 5.91 Å². The minimum absolute atomic E-state index is 0.330. The van der Waals surface area contributed by atoms with Gasteiger partial charge in [0.15, 0.2) is 5.96 Å². The van der Waals surface area contributed by atoms with Gasteiger partial charge < -0.3 is 15.5 Å². The summed E-state index contributed by atoms with van der Waals surface area (Å²) in [5, 5.41) is 6.92. The Kier molecular flexibility index (Phi) is 9.95. The first kappa shape index (κ1) is 22.0. The van der Waals surface area contributed by atoms with Crippen molar-refractivity contribution in [3.05, 3.63) is 0 Å². The fourth-order valence-corrected chi connectivity index (χ4v) is 3.84. The van der Waals surface area contributed by atoms with Crippen molar-refractivity contribution in [3.8, 4) is 0 Å². The van der Waals surface area contributed by atoms with Crippen molar-refractivity contribution in [2.45, 2.75) is 58.8 Å². The molecule has 2 rings (SSSR count). The third-order valence-electron chi connectivity index (χ3n) is 6.18. The van der Waals surface area contributed by atoms with E-state index >= 15 is 0 Å². The monoisotopic (exact) mass is 379 g/mol. The third kappa shape index (κ3) is 7.32. The van der Waals surface area contributed by atoms with Gasteiger partial charge in [-0.1, -0.05) is 39.5 Å². The number of hydrogen-bond acceptors (Lipinski definition) is 3. The first-order chi connectivity index (χ1) is 13.2. The van der Waals surface area contributed by atoms with E-state index in [4.69, 9.17) is 0 Å². The van der Waals surface area contributed by atoms with Crippen molar-refractivity contribution in [1.82, 2.24) is 20.4 Å². The maximum atomic E-state index is 12.3. The van der Waals surface area contributed by atoms with Crippen LogP contribution in [0, 0.1) is 11.8 Å². The number of nitrogens with one attached hydrogen (secondary N) is 2. The minimum atomic E-state index is 0.330. The van der Waals surface area contributed by atoms with Gasteiger partial charge in [-0.2, -0.15) is 0 Å². The summed E-state index contributed by atoms with van der Waals surface area (Å²) in [4.78, 5) is 21.2. The Hall–Kier alpha value is -1.30. The third-order valence-corrected chi connectivity index (χ3v) is 6.18. The van der Waals surface area contributed by atoms with Crippen molar-refractivity contribution in [1.29, 1.82) is 0 Å². The fraction of sp³-hybridized carbons (Fsp3) is 0.905. The van der Waals surface area contributed by atoms with Crippen LogP contribution in [0.1, 0.15) is 58.8 Å². The highest BCUT2D eigenvalue weighted by atomic mass is 16.2. The van der Waals surface area contributed by atoms with Crippen molar-refractivity contribution >= 4 is 11.9 Å². The number of unbranched alkanes of at least 4 members (excludes halogenated alkanes) is 1. The normalized spacial score (nSPS) is 20.3. The number of carbonyl (C=O) groups is 1. The summed E-state index contributed by atoms with van der Waals surface area (Å²) in [6.07, 6.45) is 8.52. The first-order valence-corrected chi connectivity index (χ1v) is 11.1. The van der Waals surface area contributed by atoms with Gasteiger partial charge in [0.1, 0.15) is 0 Å². The largest absolute Gasteiger partial charge is 0.356 e. The van der Waals surface area contributed by atoms with E-state index in [2.05, 4.69) is 39.3 Å².